The lowest BCUT2D eigenvalue weighted by Crippen LogP contribution is -2.59. The van der Waals surface area contributed by atoms with E-state index < -0.39 is 9.84 Å². The third kappa shape index (κ3) is 3.14. The predicted molar refractivity (Wildman–Crippen MR) is 119 cm³/mol. The van der Waals surface area contributed by atoms with Crippen LogP contribution in [0.1, 0.15) is 68.6 Å². The maximum absolute atomic E-state index is 13.9. The molecular weight excluding hydrogens is 394 g/mol. The number of nitrogens with zero attached hydrogens (tertiary/aromatic N) is 1. The SMILES string of the molecule is Cc1ccc(C23CC4CC(CC(C(=O)N5CCC(C)S(=O)(=O)CC5)(C4)C2)C3)cc1C. The number of amides is 1. The van der Waals surface area contributed by atoms with Gasteiger partial charge in [0.05, 0.1) is 16.4 Å². The summed E-state index contributed by atoms with van der Waals surface area (Å²) < 4.78 is 24.8. The van der Waals surface area contributed by atoms with Crippen molar-refractivity contribution in [1.82, 2.24) is 4.90 Å². The third-order valence-electron chi connectivity index (χ3n) is 8.99. The molecule has 0 aromatic heterocycles. The molecule has 0 spiro atoms. The molecular formula is C25H35NO3S. The van der Waals surface area contributed by atoms with E-state index in [0.717, 1.165) is 19.3 Å². The normalized spacial score (nSPS) is 39.7. The molecule has 4 saturated carbocycles. The average Bonchev–Trinajstić information content (AvgIpc) is 2.81. The molecule has 30 heavy (non-hydrogen) atoms. The van der Waals surface area contributed by atoms with Crippen LogP contribution in [0.15, 0.2) is 18.2 Å². The first-order chi connectivity index (χ1) is 14.1. The molecule has 5 aliphatic rings. The van der Waals surface area contributed by atoms with E-state index in [0.29, 0.717) is 31.3 Å². The molecule has 1 heterocycles. The number of aryl methyl sites for hydroxylation is 2. The highest BCUT2D eigenvalue weighted by Crippen LogP contribution is 2.66. The highest BCUT2D eigenvalue weighted by molar-refractivity contribution is 7.92. The van der Waals surface area contributed by atoms with Gasteiger partial charge in [0.1, 0.15) is 0 Å². The second-order valence-corrected chi connectivity index (χ2v) is 13.6. The van der Waals surface area contributed by atoms with E-state index in [4.69, 9.17) is 0 Å². The van der Waals surface area contributed by atoms with Gasteiger partial charge in [-0.25, -0.2) is 8.42 Å². The Morgan fingerprint density at radius 3 is 2.40 bits per heavy atom. The van der Waals surface area contributed by atoms with Crippen molar-refractivity contribution in [3.05, 3.63) is 34.9 Å². The first-order valence-corrected chi connectivity index (χ1v) is 13.4. The van der Waals surface area contributed by atoms with Gasteiger partial charge < -0.3 is 4.90 Å². The fourth-order valence-corrected chi connectivity index (χ4v) is 8.87. The Hall–Kier alpha value is -1.36. The predicted octanol–water partition coefficient (Wildman–Crippen LogP) is 4.18. The molecule has 4 nitrogen and oxygen atoms in total. The quantitative estimate of drug-likeness (QED) is 0.709. The lowest BCUT2D eigenvalue weighted by Gasteiger charge is -2.62. The highest BCUT2D eigenvalue weighted by atomic mass is 32.2. The van der Waals surface area contributed by atoms with Crippen LogP contribution in [-0.2, 0) is 20.0 Å². The second-order valence-electron chi connectivity index (χ2n) is 11.1. The van der Waals surface area contributed by atoms with E-state index in [1.165, 1.54) is 36.0 Å². The van der Waals surface area contributed by atoms with Gasteiger partial charge in [-0.1, -0.05) is 18.2 Å². The van der Waals surface area contributed by atoms with E-state index in [9.17, 15) is 13.2 Å². The number of benzene rings is 1. The topological polar surface area (TPSA) is 54.5 Å². The van der Waals surface area contributed by atoms with E-state index in [1.807, 2.05) is 4.90 Å². The molecule has 0 radical (unpaired) electrons. The van der Waals surface area contributed by atoms with Crippen molar-refractivity contribution in [3.63, 3.8) is 0 Å². The van der Waals surface area contributed by atoms with Crippen LogP contribution in [0.25, 0.3) is 0 Å². The Bertz CT molecular complexity index is 968. The zero-order chi connectivity index (χ0) is 21.3. The molecule has 3 unspecified atom stereocenters. The summed E-state index contributed by atoms with van der Waals surface area (Å²) in [7, 11) is -3.08. The molecule has 5 fully saturated rings. The number of carbonyl (C=O) groups is 1. The highest BCUT2D eigenvalue weighted by Gasteiger charge is 2.61. The Labute approximate surface area is 181 Å². The van der Waals surface area contributed by atoms with E-state index in [1.54, 1.807) is 6.92 Å². The number of hydrogen-bond donors (Lipinski definition) is 0. The van der Waals surface area contributed by atoms with Crippen molar-refractivity contribution in [2.75, 3.05) is 18.8 Å². The number of carbonyl (C=O) groups excluding carboxylic acids is 1. The molecule has 5 heteroatoms. The molecule has 1 saturated heterocycles. The van der Waals surface area contributed by atoms with E-state index >= 15 is 0 Å². The minimum atomic E-state index is -3.08. The molecule has 1 aromatic rings. The summed E-state index contributed by atoms with van der Waals surface area (Å²) >= 11 is 0. The second kappa shape index (κ2) is 6.82. The molecule has 164 valence electrons. The Morgan fingerprint density at radius 2 is 1.73 bits per heavy atom. The van der Waals surface area contributed by atoms with Crippen molar-refractivity contribution in [1.29, 1.82) is 0 Å². The number of sulfone groups is 1. The van der Waals surface area contributed by atoms with Crippen LogP contribution in [0.2, 0.25) is 0 Å². The van der Waals surface area contributed by atoms with Gasteiger partial charge in [-0.2, -0.15) is 0 Å². The summed E-state index contributed by atoms with van der Waals surface area (Å²) in [5.41, 5.74) is 3.96. The zero-order valence-corrected chi connectivity index (χ0v) is 19.4. The monoisotopic (exact) mass is 429 g/mol. The molecule has 0 N–H and O–H groups in total. The summed E-state index contributed by atoms with van der Waals surface area (Å²) in [6.45, 7) is 7.12. The van der Waals surface area contributed by atoms with Crippen LogP contribution in [0, 0.1) is 31.1 Å². The van der Waals surface area contributed by atoms with Gasteiger partial charge in [-0.3, -0.25) is 4.79 Å². The molecule has 4 aliphatic carbocycles. The summed E-state index contributed by atoms with van der Waals surface area (Å²) in [5.74, 6) is 1.64. The van der Waals surface area contributed by atoms with Gasteiger partial charge in [-0.15, -0.1) is 0 Å². The zero-order valence-electron chi connectivity index (χ0n) is 18.6. The van der Waals surface area contributed by atoms with Gasteiger partial charge in [0, 0.05) is 13.1 Å². The van der Waals surface area contributed by atoms with Crippen molar-refractivity contribution in [2.24, 2.45) is 17.3 Å². The Kier molecular flexibility index (Phi) is 4.67. The summed E-state index contributed by atoms with van der Waals surface area (Å²) in [6.07, 6.45) is 7.24. The molecule has 3 atom stereocenters. The average molecular weight is 430 g/mol. The molecule has 4 bridgehead atoms. The fraction of sp³-hybridized carbons (Fsp3) is 0.720. The van der Waals surface area contributed by atoms with Crippen LogP contribution >= 0.6 is 0 Å². The summed E-state index contributed by atoms with van der Waals surface area (Å²) in [6, 6.07) is 6.94. The van der Waals surface area contributed by atoms with Crippen LogP contribution < -0.4 is 0 Å². The minimum absolute atomic E-state index is 0.116. The van der Waals surface area contributed by atoms with Crippen LogP contribution in [0.5, 0.6) is 0 Å². The lowest BCUT2D eigenvalue weighted by atomic mass is 9.42. The van der Waals surface area contributed by atoms with Gasteiger partial charge >= 0.3 is 0 Å². The number of rotatable bonds is 2. The molecule has 1 amide bonds. The van der Waals surface area contributed by atoms with E-state index in [-0.39, 0.29) is 27.7 Å². The first-order valence-electron chi connectivity index (χ1n) is 11.7. The fourth-order valence-electron chi connectivity index (χ4n) is 7.53. The summed E-state index contributed by atoms with van der Waals surface area (Å²) in [4.78, 5) is 15.9. The maximum atomic E-state index is 13.9. The number of hydrogen-bond acceptors (Lipinski definition) is 3. The first kappa shape index (κ1) is 20.5. The lowest BCUT2D eigenvalue weighted by molar-refractivity contribution is -0.160. The van der Waals surface area contributed by atoms with Crippen LogP contribution in [-0.4, -0.2) is 43.3 Å². The molecule has 6 rings (SSSR count). The van der Waals surface area contributed by atoms with Crippen LogP contribution in [0.4, 0.5) is 0 Å². The maximum Gasteiger partial charge on any atom is 0.228 e. The van der Waals surface area contributed by atoms with Crippen LogP contribution in [0.3, 0.4) is 0 Å². The Morgan fingerprint density at radius 1 is 1.03 bits per heavy atom. The van der Waals surface area contributed by atoms with Gasteiger partial charge in [-0.05, 0) is 99.7 Å². The van der Waals surface area contributed by atoms with Crippen molar-refractivity contribution >= 4 is 15.7 Å². The standard InChI is InChI=1S/C25H35NO3S/c1-17-4-5-22(10-18(17)2)24-12-20-11-21(13-24)15-25(14-20,16-24)23(27)26-7-6-19(3)30(28,29)9-8-26/h4-5,10,19-21H,6-9,11-16H2,1-3H3. The largest absolute Gasteiger partial charge is 0.341 e. The molecule has 1 aliphatic heterocycles. The minimum Gasteiger partial charge on any atom is -0.341 e. The van der Waals surface area contributed by atoms with Gasteiger partial charge in [0.2, 0.25) is 5.91 Å². The van der Waals surface area contributed by atoms with E-state index in [2.05, 4.69) is 32.0 Å². The third-order valence-corrected chi connectivity index (χ3v) is 11.2. The van der Waals surface area contributed by atoms with Gasteiger partial charge in [0.25, 0.3) is 0 Å². The van der Waals surface area contributed by atoms with Crippen molar-refractivity contribution < 1.29 is 13.2 Å². The van der Waals surface area contributed by atoms with Gasteiger partial charge in [0.15, 0.2) is 9.84 Å². The van der Waals surface area contributed by atoms with Crippen molar-refractivity contribution in [2.45, 2.75) is 76.4 Å². The summed E-state index contributed by atoms with van der Waals surface area (Å²) in [5, 5.41) is -0.339. The smallest absolute Gasteiger partial charge is 0.228 e. The Balaban J connectivity index is 1.47. The molecule has 1 aromatic carbocycles. The van der Waals surface area contributed by atoms with Crippen molar-refractivity contribution in [3.8, 4) is 0 Å².